The molecule has 1 N–H and O–H groups in total. The zero-order valence-electron chi connectivity index (χ0n) is 11.4. The molecule has 0 saturated heterocycles. The molecule has 0 spiro atoms. The molecular formula is C12H24O5. The summed E-state index contributed by atoms with van der Waals surface area (Å²) in [6, 6.07) is 0. The summed E-state index contributed by atoms with van der Waals surface area (Å²) in [6.07, 6.45) is 0.964. The molecule has 5 heteroatoms. The number of aliphatic carboxylic acids is 1. The van der Waals surface area contributed by atoms with E-state index in [1.54, 1.807) is 21.1 Å². The minimum absolute atomic E-state index is 0.290. The van der Waals surface area contributed by atoms with E-state index in [0.717, 1.165) is 0 Å². The van der Waals surface area contributed by atoms with Crippen molar-refractivity contribution < 1.29 is 24.1 Å². The first-order valence-electron chi connectivity index (χ1n) is 5.69. The van der Waals surface area contributed by atoms with Gasteiger partial charge in [-0.05, 0) is 27.2 Å². The summed E-state index contributed by atoms with van der Waals surface area (Å²) >= 11 is 0. The van der Waals surface area contributed by atoms with Gasteiger partial charge in [0, 0.05) is 27.2 Å². The van der Waals surface area contributed by atoms with Gasteiger partial charge in [0.2, 0.25) is 0 Å². The zero-order chi connectivity index (χ0) is 13.5. The Morgan fingerprint density at radius 1 is 1.18 bits per heavy atom. The molecule has 0 bridgehead atoms. The molecular weight excluding hydrogens is 224 g/mol. The number of carboxylic acids is 1. The van der Waals surface area contributed by atoms with Crippen LogP contribution in [0.2, 0.25) is 0 Å². The highest BCUT2D eigenvalue weighted by atomic mass is 16.5. The largest absolute Gasteiger partial charge is 0.479 e. The standard InChI is InChI=1S/C12H24O5/c1-11(2,16-5)9-12(3,10(13)14)17-8-6-7-15-4/h6-9H2,1-5H3,(H,13,14). The topological polar surface area (TPSA) is 65.0 Å². The third kappa shape index (κ3) is 6.00. The number of hydrogen-bond acceptors (Lipinski definition) is 4. The lowest BCUT2D eigenvalue weighted by molar-refractivity contribution is -0.173. The summed E-state index contributed by atoms with van der Waals surface area (Å²) in [5.74, 6) is -0.972. The molecule has 0 aromatic carbocycles. The smallest absolute Gasteiger partial charge is 0.335 e. The fourth-order valence-corrected chi connectivity index (χ4v) is 1.57. The maximum atomic E-state index is 11.3. The van der Waals surface area contributed by atoms with Crippen LogP contribution in [0.15, 0.2) is 0 Å². The molecule has 0 fully saturated rings. The number of ether oxygens (including phenoxy) is 3. The fourth-order valence-electron chi connectivity index (χ4n) is 1.57. The zero-order valence-corrected chi connectivity index (χ0v) is 11.4. The van der Waals surface area contributed by atoms with E-state index < -0.39 is 17.2 Å². The Morgan fingerprint density at radius 2 is 1.76 bits per heavy atom. The molecule has 0 rings (SSSR count). The van der Waals surface area contributed by atoms with Crippen molar-refractivity contribution in [3.8, 4) is 0 Å². The Kier molecular flexibility index (Phi) is 6.67. The number of carboxylic acid groups (broad SMARTS) is 1. The SMILES string of the molecule is COCCCOC(C)(CC(C)(C)OC)C(=O)O. The summed E-state index contributed by atoms with van der Waals surface area (Å²) in [4.78, 5) is 11.3. The van der Waals surface area contributed by atoms with Crippen LogP contribution < -0.4 is 0 Å². The number of rotatable bonds is 9. The van der Waals surface area contributed by atoms with E-state index in [1.807, 2.05) is 13.8 Å². The fraction of sp³-hybridized carbons (Fsp3) is 0.917. The molecule has 102 valence electrons. The molecule has 0 saturated carbocycles. The van der Waals surface area contributed by atoms with Gasteiger partial charge in [0.1, 0.15) is 0 Å². The second-order valence-electron chi connectivity index (χ2n) is 4.87. The molecule has 0 aliphatic carbocycles. The Bertz CT molecular complexity index is 239. The van der Waals surface area contributed by atoms with Crippen LogP contribution in [0.25, 0.3) is 0 Å². The summed E-state index contributed by atoms with van der Waals surface area (Å²) in [5, 5.41) is 9.24. The highest BCUT2D eigenvalue weighted by Gasteiger charge is 2.40. The molecule has 1 unspecified atom stereocenters. The van der Waals surface area contributed by atoms with Crippen molar-refractivity contribution in [3.63, 3.8) is 0 Å². The van der Waals surface area contributed by atoms with Crippen molar-refractivity contribution in [1.29, 1.82) is 0 Å². The average Bonchev–Trinajstić information content (AvgIpc) is 2.24. The maximum absolute atomic E-state index is 11.3. The first-order valence-corrected chi connectivity index (χ1v) is 5.69. The van der Waals surface area contributed by atoms with Gasteiger partial charge in [-0.15, -0.1) is 0 Å². The van der Waals surface area contributed by atoms with Crippen LogP contribution in [-0.4, -0.2) is 49.7 Å². The first kappa shape index (κ1) is 16.4. The van der Waals surface area contributed by atoms with Crippen molar-refractivity contribution in [3.05, 3.63) is 0 Å². The molecule has 17 heavy (non-hydrogen) atoms. The predicted octanol–water partition coefficient (Wildman–Crippen LogP) is 1.70. The van der Waals surface area contributed by atoms with Crippen molar-refractivity contribution in [1.82, 2.24) is 0 Å². The second-order valence-corrected chi connectivity index (χ2v) is 4.87. The van der Waals surface area contributed by atoms with E-state index in [1.165, 1.54) is 0 Å². The lowest BCUT2D eigenvalue weighted by Gasteiger charge is -2.33. The van der Waals surface area contributed by atoms with Gasteiger partial charge < -0.3 is 19.3 Å². The van der Waals surface area contributed by atoms with Gasteiger partial charge in [0.05, 0.1) is 12.2 Å². The van der Waals surface area contributed by atoms with E-state index in [9.17, 15) is 9.90 Å². The van der Waals surface area contributed by atoms with Gasteiger partial charge in [-0.1, -0.05) is 0 Å². The monoisotopic (exact) mass is 248 g/mol. The van der Waals surface area contributed by atoms with E-state index in [4.69, 9.17) is 14.2 Å². The molecule has 5 nitrogen and oxygen atoms in total. The van der Waals surface area contributed by atoms with Crippen LogP contribution in [0.5, 0.6) is 0 Å². The highest BCUT2D eigenvalue weighted by molar-refractivity contribution is 5.77. The van der Waals surface area contributed by atoms with Gasteiger partial charge in [0.25, 0.3) is 0 Å². The molecule has 0 amide bonds. The highest BCUT2D eigenvalue weighted by Crippen LogP contribution is 2.26. The Morgan fingerprint density at radius 3 is 2.18 bits per heavy atom. The second kappa shape index (κ2) is 6.93. The van der Waals surface area contributed by atoms with Crippen molar-refractivity contribution >= 4 is 5.97 Å². The number of carbonyl (C=O) groups is 1. The van der Waals surface area contributed by atoms with Crippen LogP contribution in [0.1, 0.15) is 33.6 Å². The van der Waals surface area contributed by atoms with Crippen molar-refractivity contribution in [2.45, 2.75) is 44.8 Å². The van der Waals surface area contributed by atoms with Crippen molar-refractivity contribution in [2.24, 2.45) is 0 Å². The Labute approximate surface area is 103 Å². The van der Waals surface area contributed by atoms with Crippen molar-refractivity contribution in [2.75, 3.05) is 27.4 Å². The van der Waals surface area contributed by atoms with E-state index >= 15 is 0 Å². The molecule has 0 aromatic heterocycles. The average molecular weight is 248 g/mol. The Balaban J connectivity index is 4.41. The third-order valence-electron chi connectivity index (χ3n) is 2.68. The summed E-state index contributed by atoms with van der Waals surface area (Å²) in [6.45, 7) is 6.17. The van der Waals surface area contributed by atoms with E-state index in [-0.39, 0.29) is 0 Å². The van der Waals surface area contributed by atoms with Gasteiger partial charge in [-0.2, -0.15) is 0 Å². The quantitative estimate of drug-likeness (QED) is 0.629. The first-order chi connectivity index (χ1) is 7.77. The van der Waals surface area contributed by atoms with Crippen LogP contribution in [-0.2, 0) is 19.0 Å². The van der Waals surface area contributed by atoms with Crippen LogP contribution in [0.3, 0.4) is 0 Å². The van der Waals surface area contributed by atoms with Crippen LogP contribution in [0.4, 0.5) is 0 Å². The van der Waals surface area contributed by atoms with Crippen LogP contribution in [0, 0.1) is 0 Å². The summed E-state index contributed by atoms with van der Waals surface area (Å²) < 4.78 is 15.6. The number of methoxy groups -OCH3 is 2. The predicted molar refractivity (Wildman–Crippen MR) is 64.2 cm³/mol. The normalized spacial score (nSPS) is 15.6. The summed E-state index contributed by atoms with van der Waals surface area (Å²) in [5.41, 5.74) is -1.76. The van der Waals surface area contributed by atoms with E-state index in [0.29, 0.717) is 26.1 Å². The Hall–Kier alpha value is -0.650. The third-order valence-corrected chi connectivity index (χ3v) is 2.68. The number of hydrogen-bond donors (Lipinski definition) is 1. The minimum atomic E-state index is -1.23. The van der Waals surface area contributed by atoms with Gasteiger partial charge >= 0.3 is 5.97 Å². The molecule has 1 atom stereocenters. The lowest BCUT2D eigenvalue weighted by atomic mass is 9.90. The van der Waals surface area contributed by atoms with E-state index in [2.05, 4.69) is 0 Å². The molecule has 0 aromatic rings. The van der Waals surface area contributed by atoms with Crippen LogP contribution >= 0.6 is 0 Å². The summed E-state index contributed by atoms with van der Waals surface area (Å²) in [7, 11) is 3.16. The minimum Gasteiger partial charge on any atom is -0.479 e. The lowest BCUT2D eigenvalue weighted by Crippen LogP contribution is -2.45. The molecule has 0 aliphatic heterocycles. The maximum Gasteiger partial charge on any atom is 0.335 e. The molecule has 0 radical (unpaired) electrons. The van der Waals surface area contributed by atoms with Gasteiger partial charge in [0.15, 0.2) is 5.60 Å². The van der Waals surface area contributed by atoms with Gasteiger partial charge in [-0.25, -0.2) is 4.79 Å². The molecule has 0 aliphatic rings. The van der Waals surface area contributed by atoms with Gasteiger partial charge in [-0.3, -0.25) is 0 Å². The molecule has 0 heterocycles.